The van der Waals surface area contributed by atoms with Gasteiger partial charge in [-0.1, -0.05) is 11.1 Å². The summed E-state index contributed by atoms with van der Waals surface area (Å²) in [5.41, 5.74) is 0.796. The van der Waals surface area contributed by atoms with Crippen molar-refractivity contribution in [1.29, 1.82) is 0 Å². The lowest BCUT2D eigenvalue weighted by atomic mass is 10.2. The van der Waals surface area contributed by atoms with Gasteiger partial charge >= 0.3 is 5.97 Å². The van der Waals surface area contributed by atoms with E-state index >= 15 is 0 Å². The number of hydrogen-bond acceptors (Lipinski definition) is 3. The maximum atomic E-state index is 10.6. The lowest BCUT2D eigenvalue weighted by Gasteiger charge is -2.05. The minimum atomic E-state index is -0.965. The average Bonchev–Trinajstić information content (AvgIpc) is 2.27. The van der Waals surface area contributed by atoms with Crippen LogP contribution in [-0.2, 0) is 0 Å². The molecular formula is C11H11N3O2. The summed E-state index contributed by atoms with van der Waals surface area (Å²) in [6.45, 7) is 0.372. The van der Waals surface area contributed by atoms with Gasteiger partial charge in [-0.3, -0.25) is 5.01 Å². The van der Waals surface area contributed by atoms with Crippen LogP contribution < -0.4 is 0 Å². The van der Waals surface area contributed by atoms with Gasteiger partial charge in [0.15, 0.2) is 0 Å². The summed E-state index contributed by atoms with van der Waals surface area (Å²) in [4.78, 5) is 10.6. The molecule has 1 aromatic rings. The number of aromatic carboxylic acids is 1. The van der Waals surface area contributed by atoms with Gasteiger partial charge in [-0.15, -0.1) is 11.5 Å². The van der Waals surface area contributed by atoms with Crippen molar-refractivity contribution in [2.45, 2.75) is 0 Å². The first-order valence-electron chi connectivity index (χ1n) is 4.53. The van der Waals surface area contributed by atoms with E-state index in [1.807, 2.05) is 0 Å². The molecule has 1 aromatic carbocycles. The fourth-order valence-electron chi connectivity index (χ4n) is 0.962. The van der Waals surface area contributed by atoms with E-state index in [0.29, 0.717) is 12.2 Å². The van der Waals surface area contributed by atoms with Crippen molar-refractivity contribution in [1.82, 2.24) is 5.01 Å². The smallest absolute Gasteiger partial charge is 0.335 e. The number of carbonyl (C=O) groups is 1. The first-order valence-corrected chi connectivity index (χ1v) is 4.53. The lowest BCUT2D eigenvalue weighted by Crippen LogP contribution is -2.09. The zero-order chi connectivity index (χ0) is 12.0. The Bertz CT molecular complexity index is 432. The topological polar surface area (TPSA) is 65.3 Å². The van der Waals surface area contributed by atoms with Gasteiger partial charge in [-0.05, 0) is 24.3 Å². The van der Waals surface area contributed by atoms with Gasteiger partial charge < -0.3 is 5.11 Å². The number of hydrogen-bond donors (Lipinski definition) is 1. The van der Waals surface area contributed by atoms with Crippen molar-refractivity contribution in [2.75, 3.05) is 13.6 Å². The highest BCUT2D eigenvalue weighted by atomic mass is 16.4. The molecule has 0 amide bonds. The standard InChI is InChI=1S/C11H11N3O2/c1-3-8-14(2)13-12-10-6-4-9(5-7-10)11(15)16/h1,4-7H,8H2,2H3,(H,15,16). The molecule has 0 saturated heterocycles. The van der Waals surface area contributed by atoms with E-state index in [0.717, 1.165) is 0 Å². The van der Waals surface area contributed by atoms with Crippen LogP contribution >= 0.6 is 0 Å². The van der Waals surface area contributed by atoms with E-state index in [1.54, 1.807) is 19.2 Å². The largest absolute Gasteiger partial charge is 0.478 e. The second kappa shape index (κ2) is 5.51. The summed E-state index contributed by atoms with van der Waals surface area (Å²) in [6, 6.07) is 6.10. The van der Waals surface area contributed by atoms with Crippen molar-refractivity contribution in [3.05, 3.63) is 29.8 Å². The molecule has 16 heavy (non-hydrogen) atoms. The maximum Gasteiger partial charge on any atom is 0.335 e. The normalized spacial score (nSPS) is 10.0. The van der Waals surface area contributed by atoms with E-state index in [4.69, 9.17) is 11.5 Å². The van der Waals surface area contributed by atoms with Crippen LogP contribution in [0, 0.1) is 12.3 Å². The van der Waals surface area contributed by atoms with Crippen LogP contribution in [0.3, 0.4) is 0 Å². The quantitative estimate of drug-likeness (QED) is 0.476. The third kappa shape index (κ3) is 3.42. The zero-order valence-corrected chi connectivity index (χ0v) is 8.79. The first kappa shape index (κ1) is 11.7. The summed E-state index contributed by atoms with van der Waals surface area (Å²) in [7, 11) is 1.70. The second-order valence-electron chi connectivity index (χ2n) is 3.06. The third-order valence-electron chi connectivity index (χ3n) is 1.75. The van der Waals surface area contributed by atoms with E-state index in [1.165, 1.54) is 17.1 Å². The molecule has 5 nitrogen and oxygen atoms in total. The Morgan fingerprint density at radius 2 is 2.12 bits per heavy atom. The Morgan fingerprint density at radius 3 is 2.62 bits per heavy atom. The highest BCUT2D eigenvalue weighted by Crippen LogP contribution is 2.13. The van der Waals surface area contributed by atoms with Crippen molar-refractivity contribution < 1.29 is 9.90 Å². The number of rotatable bonds is 4. The Kier molecular flexibility index (Phi) is 4.04. The van der Waals surface area contributed by atoms with Crippen molar-refractivity contribution in [2.24, 2.45) is 10.3 Å². The Labute approximate surface area is 93.4 Å². The highest BCUT2D eigenvalue weighted by molar-refractivity contribution is 5.87. The second-order valence-corrected chi connectivity index (χ2v) is 3.06. The SMILES string of the molecule is C#CCN(C)N=Nc1ccc(C(=O)O)cc1. The maximum absolute atomic E-state index is 10.6. The number of terminal acetylenes is 1. The van der Waals surface area contributed by atoms with E-state index in [9.17, 15) is 4.79 Å². The van der Waals surface area contributed by atoms with Gasteiger partial charge in [0.2, 0.25) is 0 Å². The molecule has 0 aliphatic rings. The minimum absolute atomic E-state index is 0.218. The molecule has 0 saturated carbocycles. The van der Waals surface area contributed by atoms with Crippen LogP contribution in [0.15, 0.2) is 34.6 Å². The number of carboxylic acid groups (broad SMARTS) is 1. The van der Waals surface area contributed by atoms with Crippen molar-refractivity contribution in [3.63, 3.8) is 0 Å². The van der Waals surface area contributed by atoms with Gasteiger partial charge in [-0.25, -0.2) is 4.79 Å². The van der Waals surface area contributed by atoms with Gasteiger partial charge in [0.1, 0.15) is 0 Å². The van der Waals surface area contributed by atoms with E-state index < -0.39 is 5.97 Å². The Hall–Kier alpha value is -2.35. The van der Waals surface area contributed by atoms with Crippen LogP contribution in [0.5, 0.6) is 0 Å². The molecule has 0 bridgehead atoms. The van der Waals surface area contributed by atoms with Crippen LogP contribution in [0.4, 0.5) is 5.69 Å². The first-order chi connectivity index (χ1) is 7.63. The molecule has 5 heteroatoms. The Balaban J connectivity index is 2.69. The zero-order valence-electron chi connectivity index (χ0n) is 8.79. The monoisotopic (exact) mass is 217 g/mol. The highest BCUT2D eigenvalue weighted by Gasteiger charge is 2.00. The lowest BCUT2D eigenvalue weighted by molar-refractivity contribution is 0.0697. The van der Waals surface area contributed by atoms with Gasteiger partial charge in [-0.2, -0.15) is 0 Å². The molecule has 0 aliphatic heterocycles. The summed E-state index contributed by atoms with van der Waals surface area (Å²) < 4.78 is 0. The molecule has 0 aromatic heterocycles. The van der Waals surface area contributed by atoms with Crippen molar-refractivity contribution in [3.8, 4) is 12.3 Å². The Morgan fingerprint density at radius 1 is 1.50 bits per heavy atom. The third-order valence-corrected chi connectivity index (χ3v) is 1.75. The molecule has 1 rings (SSSR count). The number of benzene rings is 1. The molecule has 82 valence electrons. The summed E-state index contributed by atoms with van der Waals surface area (Å²) in [5, 5.41) is 17.9. The molecule has 0 unspecified atom stereocenters. The number of carboxylic acids is 1. The molecule has 0 aliphatic carbocycles. The van der Waals surface area contributed by atoms with Crippen LogP contribution in [0.25, 0.3) is 0 Å². The predicted molar refractivity (Wildman–Crippen MR) is 59.4 cm³/mol. The fraction of sp³-hybridized carbons (Fsp3) is 0.182. The van der Waals surface area contributed by atoms with Crippen LogP contribution in [-0.4, -0.2) is 29.7 Å². The summed E-state index contributed by atoms with van der Waals surface area (Å²) in [6.07, 6.45) is 5.09. The van der Waals surface area contributed by atoms with E-state index in [2.05, 4.69) is 16.3 Å². The molecule has 1 N–H and O–H groups in total. The molecule has 0 fully saturated rings. The van der Waals surface area contributed by atoms with Crippen molar-refractivity contribution >= 4 is 11.7 Å². The summed E-state index contributed by atoms with van der Waals surface area (Å²) in [5.74, 6) is 1.46. The van der Waals surface area contributed by atoms with Crippen LogP contribution in [0.2, 0.25) is 0 Å². The number of nitrogens with zero attached hydrogens (tertiary/aromatic N) is 3. The predicted octanol–water partition coefficient (Wildman–Crippen LogP) is 1.95. The van der Waals surface area contributed by atoms with Crippen LogP contribution in [0.1, 0.15) is 10.4 Å². The average molecular weight is 217 g/mol. The fourth-order valence-corrected chi connectivity index (χ4v) is 0.962. The van der Waals surface area contributed by atoms with Gasteiger partial charge in [0, 0.05) is 7.05 Å². The van der Waals surface area contributed by atoms with Gasteiger partial charge in [0.05, 0.1) is 17.8 Å². The molecule has 0 radical (unpaired) electrons. The van der Waals surface area contributed by atoms with E-state index in [-0.39, 0.29) is 5.56 Å². The van der Waals surface area contributed by atoms with Gasteiger partial charge in [0.25, 0.3) is 0 Å². The molecule has 0 spiro atoms. The summed E-state index contributed by atoms with van der Waals surface area (Å²) >= 11 is 0. The molecule has 0 heterocycles. The molecule has 0 atom stereocenters. The molecular weight excluding hydrogens is 206 g/mol. The minimum Gasteiger partial charge on any atom is -0.478 e.